The summed E-state index contributed by atoms with van der Waals surface area (Å²) in [6.45, 7) is 3.45. The molecule has 33 heavy (non-hydrogen) atoms. The summed E-state index contributed by atoms with van der Waals surface area (Å²) >= 11 is 0. The smallest absolute Gasteiger partial charge is 0.245 e. The highest BCUT2D eigenvalue weighted by atomic mass is 32.2. The van der Waals surface area contributed by atoms with Crippen molar-refractivity contribution in [3.05, 3.63) is 53.8 Å². The second-order valence-corrected chi connectivity index (χ2v) is 10.5. The van der Waals surface area contributed by atoms with Gasteiger partial charge in [0.25, 0.3) is 0 Å². The number of piperidine rings is 1. The Balaban J connectivity index is 1.37. The number of nitrogens with zero attached hydrogens (tertiary/aromatic N) is 1. The van der Waals surface area contributed by atoms with E-state index in [1.807, 2.05) is 25.1 Å². The van der Waals surface area contributed by atoms with Gasteiger partial charge in [-0.2, -0.15) is 4.31 Å². The predicted octanol–water partition coefficient (Wildman–Crippen LogP) is 3.73. The number of hydrogen-bond acceptors (Lipinski definition) is 5. The lowest BCUT2D eigenvalue weighted by atomic mass is 9.97. The van der Waals surface area contributed by atoms with E-state index in [0.29, 0.717) is 30.9 Å². The molecule has 0 saturated carbocycles. The van der Waals surface area contributed by atoms with E-state index >= 15 is 0 Å². The fraction of sp³-hybridized carbons (Fsp3) is 0.458. The minimum Gasteiger partial charge on any atom is -0.489 e. The number of benzene rings is 2. The Bertz CT molecular complexity index is 1090. The van der Waals surface area contributed by atoms with Crippen molar-refractivity contribution in [3.63, 3.8) is 0 Å². The van der Waals surface area contributed by atoms with Crippen LogP contribution in [0.3, 0.4) is 0 Å². The summed E-state index contributed by atoms with van der Waals surface area (Å²) in [5.41, 5.74) is 1.60. The number of carbonyl (C=O) groups is 1. The number of anilines is 1. The number of nitrogens with one attached hydrogen (secondary N) is 1. The van der Waals surface area contributed by atoms with Gasteiger partial charge in [-0.25, -0.2) is 12.8 Å². The first-order valence-corrected chi connectivity index (χ1v) is 12.7. The first-order valence-electron chi connectivity index (χ1n) is 11.2. The van der Waals surface area contributed by atoms with Crippen molar-refractivity contribution >= 4 is 21.6 Å². The predicted molar refractivity (Wildman–Crippen MR) is 122 cm³/mol. The molecule has 0 radical (unpaired) electrons. The van der Waals surface area contributed by atoms with Crippen molar-refractivity contribution in [2.24, 2.45) is 5.92 Å². The third-order valence-electron chi connectivity index (χ3n) is 6.12. The standard InChI is InChI=1S/C24H29FN2O5S/c1-17-8-9-21(22(15-17)32-16-19-5-4-14-31-19)26-24(28)18-10-12-27(13-11-18)33(29,30)23-7-3-2-6-20(23)25/h2-3,6-9,15,18-19H,4-5,10-14,16H2,1H3,(H,26,28). The number of aryl methyl sites for hydroxylation is 1. The Morgan fingerprint density at radius 3 is 2.64 bits per heavy atom. The Labute approximate surface area is 193 Å². The molecule has 2 aromatic carbocycles. The minimum atomic E-state index is -3.93. The molecule has 2 aromatic rings. The highest BCUT2D eigenvalue weighted by Gasteiger charge is 2.33. The van der Waals surface area contributed by atoms with Crippen LogP contribution in [0.15, 0.2) is 47.4 Å². The van der Waals surface area contributed by atoms with Crippen LogP contribution in [0.5, 0.6) is 5.75 Å². The zero-order valence-electron chi connectivity index (χ0n) is 18.6. The van der Waals surface area contributed by atoms with Crippen molar-refractivity contribution in [3.8, 4) is 5.75 Å². The van der Waals surface area contributed by atoms with E-state index in [9.17, 15) is 17.6 Å². The van der Waals surface area contributed by atoms with Gasteiger partial charge in [-0.15, -0.1) is 0 Å². The maximum Gasteiger partial charge on any atom is 0.245 e. The van der Waals surface area contributed by atoms with Gasteiger partial charge in [0.05, 0.1) is 11.8 Å². The van der Waals surface area contributed by atoms with Crippen molar-refractivity contribution in [1.29, 1.82) is 0 Å². The first kappa shape index (κ1) is 23.7. The van der Waals surface area contributed by atoms with Crippen molar-refractivity contribution in [1.82, 2.24) is 4.31 Å². The Kier molecular flexibility index (Phi) is 7.31. The van der Waals surface area contributed by atoms with Gasteiger partial charge in [0.1, 0.15) is 23.1 Å². The van der Waals surface area contributed by atoms with Gasteiger partial charge in [-0.05, 0) is 62.4 Å². The van der Waals surface area contributed by atoms with Crippen molar-refractivity contribution in [2.45, 2.75) is 43.6 Å². The maximum atomic E-state index is 14.0. The number of hydrogen-bond donors (Lipinski definition) is 1. The SMILES string of the molecule is Cc1ccc(NC(=O)C2CCN(S(=O)(=O)c3ccccc3F)CC2)c(OCC2CCCO2)c1. The van der Waals surface area contributed by atoms with Gasteiger partial charge in [-0.1, -0.05) is 18.2 Å². The number of rotatable bonds is 7. The molecule has 4 rings (SSSR count). The number of sulfonamides is 1. The second-order valence-electron chi connectivity index (χ2n) is 8.54. The van der Waals surface area contributed by atoms with Crippen LogP contribution in [0.25, 0.3) is 0 Å². The van der Waals surface area contributed by atoms with E-state index < -0.39 is 15.8 Å². The van der Waals surface area contributed by atoms with Crippen LogP contribution in [0.1, 0.15) is 31.2 Å². The molecule has 0 spiro atoms. The molecule has 1 unspecified atom stereocenters. The molecule has 1 amide bonds. The molecule has 2 heterocycles. The molecule has 9 heteroatoms. The molecule has 178 valence electrons. The van der Waals surface area contributed by atoms with Crippen LogP contribution in [0, 0.1) is 18.7 Å². The average Bonchev–Trinajstić information content (AvgIpc) is 3.33. The van der Waals surface area contributed by atoms with E-state index in [4.69, 9.17) is 9.47 Å². The van der Waals surface area contributed by atoms with Gasteiger partial charge in [0.15, 0.2) is 0 Å². The normalized spacial score (nSPS) is 20.0. The second kappa shape index (κ2) is 10.2. The summed E-state index contributed by atoms with van der Waals surface area (Å²) < 4.78 is 52.4. The van der Waals surface area contributed by atoms with Gasteiger partial charge < -0.3 is 14.8 Å². The fourth-order valence-corrected chi connectivity index (χ4v) is 5.73. The summed E-state index contributed by atoms with van der Waals surface area (Å²) in [4.78, 5) is 12.6. The van der Waals surface area contributed by atoms with Crippen LogP contribution in [0.2, 0.25) is 0 Å². The molecule has 7 nitrogen and oxygen atoms in total. The highest BCUT2D eigenvalue weighted by Crippen LogP contribution is 2.30. The minimum absolute atomic E-state index is 0.0646. The molecular formula is C24H29FN2O5S. The van der Waals surface area contributed by atoms with Gasteiger partial charge in [0, 0.05) is 25.6 Å². The number of ether oxygens (including phenoxy) is 2. The summed E-state index contributed by atoms with van der Waals surface area (Å²) in [5, 5.41) is 2.94. The van der Waals surface area contributed by atoms with Crippen LogP contribution >= 0.6 is 0 Å². The lowest BCUT2D eigenvalue weighted by Crippen LogP contribution is -2.41. The number of halogens is 1. The molecule has 2 aliphatic rings. The van der Waals surface area contributed by atoms with Gasteiger partial charge in [0.2, 0.25) is 15.9 Å². The third kappa shape index (κ3) is 5.54. The molecule has 1 N–H and O–H groups in total. The summed E-state index contributed by atoms with van der Waals surface area (Å²) in [6.07, 6.45) is 2.77. The zero-order chi connectivity index (χ0) is 23.4. The van der Waals surface area contributed by atoms with E-state index in [1.54, 1.807) is 0 Å². The van der Waals surface area contributed by atoms with Gasteiger partial charge >= 0.3 is 0 Å². The number of amides is 1. The van der Waals surface area contributed by atoms with Crippen LogP contribution in [-0.4, -0.2) is 51.0 Å². The van der Waals surface area contributed by atoms with Crippen molar-refractivity contribution < 1.29 is 27.1 Å². The van der Waals surface area contributed by atoms with Crippen molar-refractivity contribution in [2.75, 3.05) is 31.6 Å². The topological polar surface area (TPSA) is 84.9 Å². The summed E-state index contributed by atoms with van der Waals surface area (Å²) in [7, 11) is -3.93. The quantitative estimate of drug-likeness (QED) is 0.658. The molecule has 0 bridgehead atoms. The van der Waals surface area contributed by atoms with Crippen LogP contribution in [0.4, 0.5) is 10.1 Å². The molecular weight excluding hydrogens is 447 g/mol. The lowest BCUT2D eigenvalue weighted by Gasteiger charge is -2.30. The van der Waals surface area contributed by atoms with E-state index in [0.717, 1.165) is 31.1 Å². The van der Waals surface area contributed by atoms with E-state index in [2.05, 4.69) is 5.32 Å². The van der Waals surface area contributed by atoms with Crippen LogP contribution in [-0.2, 0) is 19.6 Å². The molecule has 0 aliphatic carbocycles. The Morgan fingerprint density at radius 2 is 1.94 bits per heavy atom. The van der Waals surface area contributed by atoms with E-state index in [-0.39, 0.29) is 35.9 Å². The summed E-state index contributed by atoms with van der Waals surface area (Å²) in [6, 6.07) is 10.9. The van der Waals surface area contributed by atoms with E-state index in [1.165, 1.54) is 22.5 Å². The highest BCUT2D eigenvalue weighted by molar-refractivity contribution is 7.89. The Morgan fingerprint density at radius 1 is 1.18 bits per heavy atom. The molecule has 1 atom stereocenters. The molecule has 2 aliphatic heterocycles. The monoisotopic (exact) mass is 476 g/mol. The molecule has 2 saturated heterocycles. The zero-order valence-corrected chi connectivity index (χ0v) is 19.4. The van der Waals surface area contributed by atoms with Gasteiger partial charge in [-0.3, -0.25) is 4.79 Å². The third-order valence-corrected chi connectivity index (χ3v) is 8.05. The number of carbonyl (C=O) groups excluding carboxylic acids is 1. The lowest BCUT2D eigenvalue weighted by molar-refractivity contribution is -0.120. The molecule has 0 aromatic heterocycles. The molecule has 2 fully saturated rings. The maximum absolute atomic E-state index is 14.0. The first-order chi connectivity index (χ1) is 15.8. The van der Waals surface area contributed by atoms with Crippen LogP contribution < -0.4 is 10.1 Å². The fourth-order valence-electron chi connectivity index (χ4n) is 4.20. The largest absolute Gasteiger partial charge is 0.489 e. The average molecular weight is 477 g/mol. The summed E-state index contributed by atoms with van der Waals surface area (Å²) in [5.74, 6) is -0.696. The Hall–Kier alpha value is -2.49.